The fourth-order valence-corrected chi connectivity index (χ4v) is 5.04. The first-order valence-electron chi connectivity index (χ1n) is 9.75. The summed E-state index contributed by atoms with van der Waals surface area (Å²) in [6.45, 7) is 0. The van der Waals surface area contributed by atoms with Crippen LogP contribution in [0.1, 0.15) is 11.1 Å². The lowest BCUT2D eigenvalue weighted by molar-refractivity contribution is 0.672. The van der Waals surface area contributed by atoms with Crippen molar-refractivity contribution in [3.63, 3.8) is 0 Å². The predicted molar refractivity (Wildman–Crippen MR) is 117 cm³/mol. The van der Waals surface area contributed by atoms with Gasteiger partial charge in [0, 0.05) is 16.2 Å². The van der Waals surface area contributed by atoms with Gasteiger partial charge in [0.1, 0.15) is 11.2 Å². The molecule has 1 aliphatic carbocycles. The number of hydrogen-bond donors (Lipinski definition) is 0. The van der Waals surface area contributed by atoms with E-state index >= 15 is 0 Å². The maximum Gasteiger partial charge on any atom is 0.143 e. The lowest BCUT2D eigenvalue weighted by Crippen LogP contribution is -1.83. The van der Waals surface area contributed by atoms with E-state index in [0.717, 1.165) is 17.6 Å². The molecular formula is C27H16O. The minimum atomic E-state index is 0.978. The van der Waals surface area contributed by atoms with Crippen molar-refractivity contribution in [1.82, 2.24) is 0 Å². The van der Waals surface area contributed by atoms with E-state index in [9.17, 15) is 0 Å². The first kappa shape index (κ1) is 14.5. The molecule has 0 atom stereocenters. The van der Waals surface area contributed by atoms with Gasteiger partial charge in [-0.25, -0.2) is 0 Å². The van der Waals surface area contributed by atoms with Crippen molar-refractivity contribution < 1.29 is 4.42 Å². The van der Waals surface area contributed by atoms with Gasteiger partial charge < -0.3 is 4.42 Å². The number of benzene rings is 5. The summed E-state index contributed by atoms with van der Waals surface area (Å²) >= 11 is 0. The van der Waals surface area contributed by atoms with E-state index in [4.69, 9.17) is 4.42 Å². The number of furan rings is 1. The summed E-state index contributed by atoms with van der Waals surface area (Å²) in [5.41, 5.74) is 7.52. The highest BCUT2D eigenvalue weighted by molar-refractivity contribution is 6.20. The van der Waals surface area contributed by atoms with Crippen LogP contribution in [0.4, 0.5) is 0 Å². The molecule has 1 nitrogen and oxygen atoms in total. The minimum absolute atomic E-state index is 0.978. The van der Waals surface area contributed by atoms with Crippen LogP contribution in [0.3, 0.4) is 0 Å². The zero-order valence-corrected chi connectivity index (χ0v) is 15.2. The van der Waals surface area contributed by atoms with Gasteiger partial charge in [0.05, 0.1) is 0 Å². The van der Waals surface area contributed by atoms with Crippen molar-refractivity contribution in [2.75, 3.05) is 0 Å². The molecule has 0 bridgehead atoms. The average Bonchev–Trinajstić information content (AvgIpc) is 3.32. The molecule has 0 saturated heterocycles. The third kappa shape index (κ3) is 1.72. The molecule has 0 aliphatic heterocycles. The monoisotopic (exact) mass is 356 g/mol. The molecule has 0 unspecified atom stereocenters. The van der Waals surface area contributed by atoms with E-state index in [2.05, 4.69) is 84.9 Å². The third-order valence-electron chi connectivity index (χ3n) is 6.29. The third-order valence-corrected chi connectivity index (χ3v) is 6.29. The van der Waals surface area contributed by atoms with Gasteiger partial charge in [-0.3, -0.25) is 0 Å². The molecule has 7 rings (SSSR count). The standard InChI is InChI=1S/C27H16O/c1-3-7-19-16(5-1)9-12-21-23(19)15-18-11-14-24-26(25(18)21)22-13-10-17-6-2-4-8-20(17)27(22)28-24/h1-14H,15H2. The Morgan fingerprint density at radius 1 is 0.607 bits per heavy atom. The van der Waals surface area contributed by atoms with Gasteiger partial charge in [-0.1, -0.05) is 72.8 Å². The summed E-state index contributed by atoms with van der Waals surface area (Å²) in [5.74, 6) is 0. The quantitative estimate of drug-likeness (QED) is 0.275. The molecule has 0 fully saturated rings. The highest BCUT2D eigenvalue weighted by Crippen LogP contribution is 2.47. The van der Waals surface area contributed by atoms with Crippen molar-refractivity contribution in [2.24, 2.45) is 0 Å². The minimum Gasteiger partial charge on any atom is -0.455 e. The normalized spacial score (nSPS) is 12.9. The van der Waals surface area contributed by atoms with Crippen molar-refractivity contribution >= 4 is 43.5 Å². The Labute approximate surface area is 161 Å². The summed E-state index contributed by atoms with van der Waals surface area (Å²) < 4.78 is 6.39. The number of rotatable bonds is 0. The molecular weight excluding hydrogens is 340 g/mol. The van der Waals surface area contributed by atoms with Crippen LogP contribution in [-0.2, 0) is 6.42 Å². The Balaban J connectivity index is 1.66. The van der Waals surface area contributed by atoms with E-state index in [-0.39, 0.29) is 0 Å². The van der Waals surface area contributed by atoms with Crippen LogP contribution in [0.2, 0.25) is 0 Å². The van der Waals surface area contributed by atoms with Crippen LogP contribution in [0, 0.1) is 0 Å². The Morgan fingerprint density at radius 3 is 2.25 bits per heavy atom. The highest BCUT2D eigenvalue weighted by Gasteiger charge is 2.25. The summed E-state index contributed by atoms with van der Waals surface area (Å²) in [5, 5.41) is 7.55. The van der Waals surface area contributed by atoms with Gasteiger partial charge in [-0.15, -0.1) is 0 Å². The van der Waals surface area contributed by atoms with E-state index in [1.807, 2.05) is 0 Å². The van der Waals surface area contributed by atoms with Gasteiger partial charge in [0.2, 0.25) is 0 Å². The van der Waals surface area contributed by atoms with Gasteiger partial charge in [-0.2, -0.15) is 0 Å². The second-order valence-corrected chi connectivity index (χ2v) is 7.73. The van der Waals surface area contributed by atoms with Gasteiger partial charge in [0.15, 0.2) is 0 Å². The van der Waals surface area contributed by atoms with Gasteiger partial charge in [-0.05, 0) is 57.0 Å². The zero-order chi connectivity index (χ0) is 18.2. The highest BCUT2D eigenvalue weighted by atomic mass is 16.3. The van der Waals surface area contributed by atoms with Crippen molar-refractivity contribution in [3.8, 4) is 11.1 Å². The van der Waals surface area contributed by atoms with Crippen molar-refractivity contribution in [2.45, 2.75) is 6.42 Å². The Bertz CT molecular complexity index is 1580. The van der Waals surface area contributed by atoms with Crippen molar-refractivity contribution in [1.29, 1.82) is 0 Å². The van der Waals surface area contributed by atoms with Crippen LogP contribution in [0.15, 0.2) is 89.3 Å². The summed E-state index contributed by atoms with van der Waals surface area (Å²) in [4.78, 5) is 0. The van der Waals surface area contributed by atoms with E-state index in [1.165, 1.54) is 54.6 Å². The average molecular weight is 356 g/mol. The predicted octanol–water partition coefficient (Wildman–Crippen LogP) is 7.46. The largest absolute Gasteiger partial charge is 0.455 e. The molecule has 1 heterocycles. The summed E-state index contributed by atoms with van der Waals surface area (Å²) in [6.07, 6.45) is 0.988. The lowest BCUT2D eigenvalue weighted by atomic mass is 9.96. The molecule has 0 N–H and O–H groups in total. The first-order valence-corrected chi connectivity index (χ1v) is 9.75. The van der Waals surface area contributed by atoms with Crippen LogP contribution in [0.25, 0.3) is 54.6 Å². The van der Waals surface area contributed by atoms with Crippen LogP contribution >= 0.6 is 0 Å². The molecule has 6 aromatic rings. The molecule has 1 heteroatoms. The second kappa shape index (κ2) is 5.02. The molecule has 0 spiro atoms. The maximum absolute atomic E-state index is 6.39. The molecule has 0 radical (unpaired) electrons. The number of fused-ring (bicyclic) bond motifs is 11. The zero-order valence-electron chi connectivity index (χ0n) is 15.2. The Kier molecular flexibility index (Phi) is 2.60. The van der Waals surface area contributed by atoms with Crippen LogP contribution in [0.5, 0.6) is 0 Å². The van der Waals surface area contributed by atoms with Gasteiger partial charge >= 0.3 is 0 Å². The van der Waals surface area contributed by atoms with E-state index < -0.39 is 0 Å². The summed E-state index contributed by atoms with van der Waals surface area (Å²) in [6, 6.07) is 30.5. The molecule has 1 aromatic heterocycles. The van der Waals surface area contributed by atoms with Gasteiger partial charge in [0.25, 0.3) is 0 Å². The second-order valence-electron chi connectivity index (χ2n) is 7.73. The fourth-order valence-electron chi connectivity index (χ4n) is 5.04. The molecule has 0 amide bonds. The smallest absolute Gasteiger partial charge is 0.143 e. The maximum atomic E-state index is 6.39. The van der Waals surface area contributed by atoms with Crippen molar-refractivity contribution in [3.05, 3.63) is 96.1 Å². The fraction of sp³-hybridized carbons (Fsp3) is 0.0370. The molecule has 28 heavy (non-hydrogen) atoms. The molecule has 0 saturated carbocycles. The van der Waals surface area contributed by atoms with Crippen LogP contribution < -0.4 is 0 Å². The Hall–Kier alpha value is -3.58. The van der Waals surface area contributed by atoms with E-state index in [1.54, 1.807) is 0 Å². The molecule has 5 aromatic carbocycles. The molecule has 1 aliphatic rings. The first-order chi connectivity index (χ1) is 13.9. The van der Waals surface area contributed by atoms with Crippen LogP contribution in [-0.4, -0.2) is 0 Å². The Morgan fingerprint density at radius 2 is 1.36 bits per heavy atom. The lowest BCUT2D eigenvalue weighted by Gasteiger charge is -2.06. The van der Waals surface area contributed by atoms with E-state index in [0.29, 0.717) is 0 Å². The number of hydrogen-bond acceptors (Lipinski definition) is 1. The molecule has 130 valence electrons. The SMILES string of the molecule is c1ccc2c3c(ccc2c1)-c1c(ccc2oc4c5ccccc5ccc4c12)C3. The topological polar surface area (TPSA) is 13.1 Å². The summed E-state index contributed by atoms with van der Waals surface area (Å²) in [7, 11) is 0.